The molecule has 0 saturated carbocycles. The number of imide groups is 1. The molecule has 1 aromatic rings. The second-order valence-electron chi connectivity index (χ2n) is 4.37. The Labute approximate surface area is 120 Å². The molecule has 1 fully saturated rings. The van der Waals surface area contributed by atoms with Gasteiger partial charge in [-0.3, -0.25) is 19.2 Å². The Balaban J connectivity index is 2.16. The van der Waals surface area contributed by atoms with Crippen molar-refractivity contribution in [2.75, 3.05) is 17.7 Å². The molecule has 21 heavy (non-hydrogen) atoms. The fourth-order valence-electron chi connectivity index (χ4n) is 1.69. The number of carbonyl (C=O) groups is 2. The van der Waals surface area contributed by atoms with Crippen molar-refractivity contribution in [1.29, 1.82) is 0 Å². The van der Waals surface area contributed by atoms with E-state index in [1.54, 1.807) is 0 Å². The Morgan fingerprint density at radius 3 is 2.76 bits per heavy atom. The fourth-order valence-corrected chi connectivity index (χ4v) is 2.04. The maximum atomic E-state index is 14.0. The highest BCUT2D eigenvalue weighted by molar-refractivity contribution is 7.85. The van der Waals surface area contributed by atoms with E-state index in [9.17, 15) is 22.4 Å². The Hall–Kier alpha value is -2.07. The molecule has 0 spiro atoms. The molecule has 2 rings (SSSR count). The summed E-state index contributed by atoms with van der Waals surface area (Å²) in [4.78, 5) is 27.4. The minimum absolute atomic E-state index is 0.0216. The Bertz CT molecular complexity index is 691. The standard InChI is InChI=1S/C11H12FN3O5S/c1-21(18,19)20-6-7-4-8(12)10(13-5-7)15-3-2-9(16)14-11(15)17/h4-5H,2-3,6H2,1H3,(H,14,16,17). The molecule has 0 aliphatic carbocycles. The van der Waals surface area contributed by atoms with Gasteiger partial charge >= 0.3 is 6.03 Å². The van der Waals surface area contributed by atoms with Crippen LogP contribution in [0, 0.1) is 5.82 Å². The molecule has 1 aromatic heterocycles. The Morgan fingerprint density at radius 2 is 2.19 bits per heavy atom. The van der Waals surface area contributed by atoms with E-state index < -0.39 is 27.9 Å². The van der Waals surface area contributed by atoms with Crippen molar-refractivity contribution < 1.29 is 26.6 Å². The molecule has 1 aliphatic heterocycles. The third-order valence-corrected chi connectivity index (χ3v) is 3.17. The molecule has 0 radical (unpaired) electrons. The highest BCUT2D eigenvalue weighted by Gasteiger charge is 2.27. The molecule has 1 N–H and O–H groups in total. The van der Waals surface area contributed by atoms with E-state index in [0.717, 1.165) is 17.2 Å². The number of pyridine rings is 1. The quantitative estimate of drug-likeness (QED) is 0.792. The van der Waals surface area contributed by atoms with E-state index in [4.69, 9.17) is 0 Å². The molecular weight excluding hydrogens is 305 g/mol. The summed E-state index contributed by atoms with van der Waals surface area (Å²) in [6, 6.07) is 0.273. The SMILES string of the molecule is CS(=O)(=O)OCc1cnc(N2CCC(=O)NC2=O)c(F)c1. The molecule has 0 atom stereocenters. The van der Waals surface area contributed by atoms with Crippen LogP contribution in [0.25, 0.3) is 0 Å². The van der Waals surface area contributed by atoms with Gasteiger partial charge in [-0.05, 0) is 6.07 Å². The van der Waals surface area contributed by atoms with Gasteiger partial charge in [0.1, 0.15) is 0 Å². The van der Waals surface area contributed by atoms with Crippen molar-refractivity contribution in [3.63, 3.8) is 0 Å². The maximum absolute atomic E-state index is 14.0. The van der Waals surface area contributed by atoms with Gasteiger partial charge in [-0.15, -0.1) is 0 Å². The van der Waals surface area contributed by atoms with E-state index in [1.165, 1.54) is 6.20 Å². The lowest BCUT2D eigenvalue weighted by Crippen LogP contribution is -2.50. The van der Waals surface area contributed by atoms with Crippen LogP contribution in [-0.2, 0) is 25.7 Å². The van der Waals surface area contributed by atoms with Crippen molar-refractivity contribution in [3.05, 3.63) is 23.6 Å². The molecule has 8 nitrogen and oxygen atoms in total. The fraction of sp³-hybridized carbons (Fsp3) is 0.364. The van der Waals surface area contributed by atoms with Crippen molar-refractivity contribution in [1.82, 2.24) is 10.3 Å². The number of rotatable bonds is 4. The highest BCUT2D eigenvalue weighted by atomic mass is 32.2. The molecule has 0 bridgehead atoms. The molecule has 1 saturated heterocycles. The predicted octanol–water partition coefficient (Wildman–Crippen LogP) is 0.143. The van der Waals surface area contributed by atoms with Gasteiger partial charge in [0.05, 0.1) is 12.9 Å². The lowest BCUT2D eigenvalue weighted by atomic mass is 10.2. The number of nitrogens with zero attached hydrogens (tertiary/aromatic N) is 2. The van der Waals surface area contributed by atoms with Crippen molar-refractivity contribution in [2.45, 2.75) is 13.0 Å². The molecule has 2 heterocycles. The van der Waals surface area contributed by atoms with Gasteiger partial charge in [-0.2, -0.15) is 8.42 Å². The van der Waals surface area contributed by atoms with Crippen LogP contribution in [0.5, 0.6) is 0 Å². The highest BCUT2D eigenvalue weighted by Crippen LogP contribution is 2.19. The first-order valence-electron chi connectivity index (χ1n) is 5.86. The van der Waals surface area contributed by atoms with Crippen LogP contribution in [0.15, 0.2) is 12.3 Å². The van der Waals surface area contributed by atoms with E-state index in [-0.39, 0.29) is 31.0 Å². The van der Waals surface area contributed by atoms with Crippen LogP contribution in [0.3, 0.4) is 0 Å². The van der Waals surface area contributed by atoms with Crippen LogP contribution in [-0.4, -0.2) is 38.1 Å². The van der Waals surface area contributed by atoms with Crippen molar-refractivity contribution in [3.8, 4) is 0 Å². The molecule has 114 valence electrons. The number of hydrogen-bond acceptors (Lipinski definition) is 6. The summed E-state index contributed by atoms with van der Waals surface area (Å²) in [5.74, 6) is -1.48. The van der Waals surface area contributed by atoms with Crippen LogP contribution >= 0.6 is 0 Å². The maximum Gasteiger partial charge on any atom is 0.329 e. The Kier molecular flexibility index (Phi) is 4.19. The Morgan fingerprint density at radius 1 is 1.48 bits per heavy atom. The summed E-state index contributed by atoms with van der Waals surface area (Å²) in [6.45, 7) is -0.332. The summed E-state index contributed by atoms with van der Waals surface area (Å²) >= 11 is 0. The normalized spacial score (nSPS) is 16.0. The number of halogens is 1. The van der Waals surface area contributed by atoms with Gasteiger partial charge in [-0.25, -0.2) is 14.2 Å². The van der Waals surface area contributed by atoms with E-state index in [1.807, 2.05) is 0 Å². The average molecular weight is 317 g/mol. The molecule has 1 aliphatic rings. The van der Waals surface area contributed by atoms with Crippen LogP contribution in [0.4, 0.5) is 15.0 Å². The number of nitrogens with one attached hydrogen (secondary N) is 1. The van der Waals surface area contributed by atoms with E-state index in [0.29, 0.717) is 0 Å². The second-order valence-corrected chi connectivity index (χ2v) is 6.01. The molecule has 0 unspecified atom stereocenters. The average Bonchev–Trinajstić information content (AvgIpc) is 2.37. The monoisotopic (exact) mass is 317 g/mol. The minimum Gasteiger partial charge on any atom is -0.278 e. The van der Waals surface area contributed by atoms with Crippen LogP contribution in [0.2, 0.25) is 0 Å². The smallest absolute Gasteiger partial charge is 0.278 e. The summed E-state index contributed by atoms with van der Waals surface area (Å²) in [7, 11) is -3.64. The topological polar surface area (TPSA) is 106 Å². The number of anilines is 1. The summed E-state index contributed by atoms with van der Waals surface area (Å²) in [5, 5.41) is 2.05. The number of aromatic nitrogens is 1. The number of carbonyl (C=O) groups excluding carboxylic acids is 2. The lowest BCUT2D eigenvalue weighted by Gasteiger charge is -2.25. The lowest BCUT2D eigenvalue weighted by molar-refractivity contribution is -0.120. The zero-order valence-corrected chi connectivity index (χ0v) is 11.8. The van der Waals surface area contributed by atoms with Crippen molar-refractivity contribution >= 4 is 27.9 Å². The van der Waals surface area contributed by atoms with Gasteiger partial charge in [-0.1, -0.05) is 0 Å². The first-order valence-corrected chi connectivity index (χ1v) is 7.68. The number of amides is 3. The first kappa shape index (κ1) is 15.3. The number of urea groups is 1. The molecule has 3 amide bonds. The third kappa shape index (κ3) is 3.95. The largest absolute Gasteiger partial charge is 0.329 e. The third-order valence-electron chi connectivity index (χ3n) is 2.63. The van der Waals surface area contributed by atoms with E-state index in [2.05, 4.69) is 14.5 Å². The predicted molar refractivity (Wildman–Crippen MR) is 69.3 cm³/mol. The van der Waals surface area contributed by atoms with Gasteiger partial charge in [0.25, 0.3) is 10.1 Å². The molecule has 0 aromatic carbocycles. The van der Waals surface area contributed by atoms with E-state index >= 15 is 0 Å². The zero-order chi connectivity index (χ0) is 15.6. The summed E-state index contributed by atoms with van der Waals surface area (Å²) in [5.41, 5.74) is 0.204. The van der Waals surface area contributed by atoms with Gasteiger partial charge in [0.2, 0.25) is 5.91 Å². The number of hydrogen-bond donors (Lipinski definition) is 1. The van der Waals surface area contributed by atoms with Crippen LogP contribution < -0.4 is 10.2 Å². The van der Waals surface area contributed by atoms with Gasteiger partial charge in [0, 0.05) is 24.7 Å². The van der Waals surface area contributed by atoms with Gasteiger partial charge in [0.15, 0.2) is 11.6 Å². The summed E-state index contributed by atoms with van der Waals surface area (Å²) < 4.78 is 40.2. The molecule has 10 heteroatoms. The van der Waals surface area contributed by atoms with Gasteiger partial charge < -0.3 is 0 Å². The zero-order valence-electron chi connectivity index (χ0n) is 11.0. The van der Waals surface area contributed by atoms with Crippen LogP contribution in [0.1, 0.15) is 12.0 Å². The minimum atomic E-state index is -3.64. The first-order chi connectivity index (χ1) is 9.76. The van der Waals surface area contributed by atoms with Crippen molar-refractivity contribution in [2.24, 2.45) is 0 Å². The second kappa shape index (κ2) is 5.74. The summed E-state index contributed by atoms with van der Waals surface area (Å²) in [6.07, 6.45) is 2.12. The molecular formula is C11H12FN3O5S.